The molecular formula is C25H28FN3O3. The van der Waals surface area contributed by atoms with E-state index in [4.69, 9.17) is 9.26 Å². The van der Waals surface area contributed by atoms with Crippen molar-refractivity contribution in [3.63, 3.8) is 0 Å². The smallest absolute Gasteiger partial charge is 0.224 e. The van der Waals surface area contributed by atoms with E-state index in [1.807, 2.05) is 18.2 Å². The van der Waals surface area contributed by atoms with Crippen molar-refractivity contribution in [2.24, 2.45) is 0 Å². The molecular weight excluding hydrogens is 409 g/mol. The molecule has 1 amide bonds. The van der Waals surface area contributed by atoms with Crippen molar-refractivity contribution in [3.8, 4) is 5.75 Å². The maximum atomic E-state index is 13.4. The number of carbonyl (C=O) groups excluding carboxylic acids is 1. The number of aromatic nitrogens is 1. The molecule has 1 N–H and O–H groups in total. The number of benzene rings is 2. The zero-order valence-electron chi connectivity index (χ0n) is 18.1. The summed E-state index contributed by atoms with van der Waals surface area (Å²) < 4.78 is 24.6. The number of carbonyl (C=O) groups is 1. The highest BCUT2D eigenvalue weighted by Gasteiger charge is 2.25. The van der Waals surface area contributed by atoms with E-state index in [0.29, 0.717) is 24.5 Å². The van der Waals surface area contributed by atoms with Crippen LogP contribution >= 0.6 is 0 Å². The maximum Gasteiger partial charge on any atom is 0.224 e. The average Bonchev–Trinajstić information content (AvgIpc) is 3.22. The van der Waals surface area contributed by atoms with Crippen molar-refractivity contribution >= 4 is 22.6 Å². The molecule has 1 saturated heterocycles. The molecule has 3 aromatic rings. The van der Waals surface area contributed by atoms with Crippen LogP contribution in [0.15, 0.2) is 40.9 Å². The minimum atomic E-state index is -0.294. The summed E-state index contributed by atoms with van der Waals surface area (Å²) in [6.45, 7) is 3.79. The fourth-order valence-corrected chi connectivity index (χ4v) is 4.72. The molecule has 2 aliphatic rings. The number of fused-ring (bicyclic) bond motifs is 2. The highest BCUT2D eigenvalue weighted by atomic mass is 19.1. The Morgan fingerprint density at radius 2 is 2.00 bits per heavy atom. The number of likely N-dealkylation sites (tertiary alicyclic amines) is 1. The molecule has 5 rings (SSSR count). The van der Waals surface area contributed by atoms with Gasteiger partial charge in [-0.15, -0.1) is 0 Å². The standard InChI is InChI=1S/C25H28FN3O3/c26-19-5-7-21-23(15-19)32-28-25(21)18-9-12-29(13-10-18)11-1-2-14-31-20-6-3-17-4-8-24(30)27-22(17)16-20/h3,5-7,15-16,18H,1-2,4,8-14H2,(H,27,30). The van der Waals surface area contributed by atoms with E-state index in [1.165, 1.54) is 17.7 Å². The van der Waals surface area contributed by atoms with Crippen LogP contribution in [0.2, 0.25) is 0 Å². The third kappa shape index (κ3) is 4.63. The van der Waals surface area contributed by atoms with Gasteiger partial charge in [0, 0.05) is 35.5 Å². The second-order valence-corrected chi connectivity index (χ2v) is 8.75. The van der Waals surface area contributed by atoms with E-state index in [9.17, 15) is 9.18 Å². The molecule has 2 aromatic carbocycles. The summed E-state index contributed by atoms with van der Waals surface area (Å²) in [5, 5.41) is 8.08. The Labute approximate surface area is 186 Å². The Morgan fingerprint density at radius 3 is 2.88 bits per heavy atom. The molecule has 0 radical (unpaired) electrons. The molecule has 1 aromatic heterocycles. The Bertz CT molecular complexity index is 1110. The normalized spacial score (nSPS) is 17.3. The van der Waals surface area contributed by atoms with Gasteiger partial charge in [0.15, 0.2) is 5.58 Å². The number of halogens is 1. The van der Waals surface area contributed by atoms with Gasteiger partial charge >= 0.3 is 0 Å². The topological polar surface area (TPSA) is 67.6 Å². The monoisotopic (exact) mass is 437 g/mol. The highest BCUT2D eigenvalue weighted by molar-refractivity contribution is 5.94. The maximum absolute atomic E-state index is 13.4. The first-order valence-corrected chi connectivity index (χ1v) is 11.5. The molecule has 2 aliphatic heterocycles. The number of piperidine rings is 1. The molecule has 0 spiro atoms. The van der Waals surface area contributed by atoms with Gasteiger partial charge < -0.3 is 19.5 Å². The minimum Gasteiger partial charge on any atom is -0.494 e. The molecule has 0 saturated carbocycles. The summed E-state index contributed by atoms with van der Waals surface area (Å²) in [7, 11) is 0. The lowest BCUT2D eigenvalue weighted by atomic mass is 9.91. The molecule has 6 nitrogen and oxygen atoms in total. The van der Waals surface area contributed by atoms with Crippen LogP contribution in [0, 0.1) is 5.82 Å². The first-order valence-electron chi connectivity index (χ1n) is 11.5. The molecule has 0 aliphatic carbocycles. The van der Waals surface area contributed by atoms with Crippen LogP contribution in [-0.2, 0) is 11.2 Å². The van der Waals surface area contributed by atoms with Crippen molar-refractivity contribution in [3.05, 3.63) is 53.5 Å². The van der Waals surface area contributed by atoms with Crippen molar-refractivity contribution < 1.29 is 18.4 Å². The van der Waals surface area contributed by atoms with Gasteiger partial charge in [0.1, 0.15) is 11.6 Å². The lowest BCUT2D eigenvalue weighted by Gasteiger charge is -2.31. The van der Waals surface area contributed by atoms with E-state index in [2.05, 4.69) is 15.4 Å². The van der Waals surface area contributed by atoms with Crippen LogP contribution in [0.1, 0.15) is 49.3 Å². The van der Waals surface area contributed by atoms with E-state index < -0.39 is 0 Å². The number of nitrogens with zero attached hydrogens (tertiary/aromatic N) is 2. The number of nitrogens with one attached hydrogen (secondary N) is 1. The molecule has 0 atom stereocenters. The summed E-state index contributed by atoms with van der Waals surface area (Å²) in [4.78, 5) is 14.1. The zero-order chi connectivity index (χ0) is 21.9. The van der Waals surface area contributed by atoms with Crippen LogP contribution in [0.5, 0.6) is 5.75 Å². The van der Waals surface area contributed by atoms with Crippen LogP contribution in [0.3, 0.4) is 0 Å². The largest absolute Gasteiger partial charge is 0.494 e. The summed E-state index contributed by atoms with van der Waals surface area (Å²) >= 11 is 0. The Kier molecular flexibility index (Phi) is 6.08. The number of amides is 1. The van der Waals surface area contributed by atoms with E-state index in [-0.39, 0.29) is 11.7 Å². The van der Waals surface area contributed by atoms with Gasteiger partial charge in [-0.1, -0.05) is 11.2 Å². The van der Waals surface area contributed by atoms with E-state index in [1.54, 1.807) is 6.07 Å². The molecule has 0 unspecified atom stereocenters. The van der Waals surface area contributed by atoms with Gasteiger partial charge in [0.2, 0.25) is 5.91 Å². The second kappa shape index (κ2) is 9.28. The molecule has 32 heavy (non-hydrogen) atoms. The number of unbranched alkanes of at least 4 members (excludes halogenated alkanes) is 1. The van der Waals surface area contributed by atoms with Gasteiger partial charge in [-0.3, -0.25) is 4.79 Å². The number of anilines is 1. The third-order valence-corrected chi connectivity index (χ3v) is 6.55. The zero-order valence-corrected chi connectivity index (χ0v) is 18.1. The lowest BCUT2D eigenvalue weighted by molar-refractivity contribution is -0.116. The number of hydrogen-bond acceptors (Lipinski definition) is 5. The molecule has 3 heterocycles. The predicted octanol–water partition coefficient (Wildman–Crippen LogP) is 4.89. The highest BCUT2D eigenvalue weighted by Crippen LogP contribution is 2.33. The van der Waals surface area contributed by atoms with Crippen molar-refractivity contribution in [1.82, 2.24) is 10.1 Å². The fourth-order valence-electron chi connectivity index (χ4n) is 4.72. The number of ether oxygens (including phenoxy) is 1. The summed E-state index contributed by atoms with van der Waals surface area (Å²) in [5.74, 6) is 0.957. The first kappa shape index (κ1) is 20.9. The van der Waals surface area contributed by atoms with Gasteiger partial charge in [0.25, 0.3) is 0 Å². The Hall–Kier alpha value is -2.93. The van der Waals surface area contributed by atoms with Gasteiger partial charge in [-0.2, -0.15) is 0 Å². The first-order chi connectivity index (χ1) is 15.7. The van der Waals surface area contributed by atoms with Crippen LogP contribution in [0.4, 0.5) is 10.1 Å². The number of rotatable bonds is 7. The average molecular weight is 438 g/mol. The molecule has 1 fully saturated rings. The number of hydrogen-bond donors (Lipinski definition) is 1. The summed E-state index contributed by atoms with van der Waals surface area (Å²) in [5.41, 5.74) is 3.55. The molecule has 0 bridgehead atoms. The van der Waals surface area contributed by atoms with Crippen LogP contribution < -0.4 is 10.1 Å². The molecule has 168 valence electrons. The van der Waals surface area contributed by atoms with Crippen molar-refractivity contribution in [2.75, 3.05) is 31.6 Å². The van der Waals surface area contributed by atoms with E-state index >= 15 is 0 Å². The number of aryl methyl sites for hydroxylation is 1. The van der Waals surface area contributed by atoms with Crippen LogP contribution in [-0.4, -0.2) is 42.2 Å². The second-order valence-electron chi connectivity index (χ2n) is 8.75. The third-order valence-electron chi connectivity index (χ3n) is 6.55. The van der Waals surface area contributed by atoms with Crippen molar-refractivity contribution in [1.29, 1.82) is 0 Å². The fraction of sp³-hybridized carbons (Fsp3) is 0.440. The minimum absolute atomic E-state index is 0.0732. The predicted molar refractivity (Wildman–Crippen MR) is 121 cm³/mol. The lowest BCUT2D eigenvalue weighted by Crippen LogP contribution is -2.34. The van der Waals surface area contributed by atoms with Crippen molar-refractivity contribution in [2.45, 2.75) is 44.4 Å². The van der Waals surface area contributed by atoms with Gasteiger partial charge in [-0.05, 0) is 75.5 Å². The quantitative estimate of drug-likeness (QED) is 0.533. The Balaban J connectivity index is 1.03. The van der Waals surface area contributed by atoms with Gasteiger partial charge in [0.05, 0.1) is 12.3 Å². The summed E-state index contributed by atoms with van der Waals surface area (Å²) in [6, 6.07) is 10.6. The van der Waals surface area contributed by atoms with Crippen LogP contribution in [0.25, 0.3) is 11.0 Å². The Morgan fingerprint density at radius 1 is 1.12 bits per heavy atom. The molecule has 7 heteroatoms. The van der Waals surface area contributed by atoms with Gasteiger partial charge in [-0.25, -0.2) is 4.39 Å². The van der Waals surface area contributed by atoms with E-state index in [0.717, 1.165) is 74.3 Å². The summed E-state index contributed by atoms with van der Waals surface area (Å²) in [6.07, 6.45) is 5.50. The SMILES string of the molecule is O=C1CCc2ccc(OCCCCN3CCC(c4noc5cc(F)ccc45)CC3)cc2N1.